The van der Waals surface area contributed by atoms with Gasteiger partial charge in [-0.3, -0.25) is 0 Å². The topological polar surface area (TPSA) is 37.3 Å². The normalized spacial score (nSPS) is 12.8. The lowest BCUT2D eigenvalue weighted by Crippen LogP contribution is -1.86. The maximum Gasteiger partial charge on any atom is 0.186 e. The van der Waals surface area contributed by atoms with Crippen molar-refractivity contribution in [2.45, 2.75) is 4.90 Å². The molecule has 1 atom stereocenters. The van der Waals surface area contributed by atoms with E-state index in [0.29, 0.717) is 4.90 Å². The van der Waals surface area contributed by atoms with Crippen LogP contribution in [0.25, 0.3) is 12.2 Å². The Morgan fingerprint density at radius 2 is 1.33 bits per heavy atom. The molecule has 0 radical (unpaired) electrons. The van der Waals surface area contributed by atoms with Gasteiger partial charge in [-0.2, -0.15) is 0 Å². The maximum absolute atomic E-state index is 12.7. The Morgan fingerprint density at radius 3 is 1.78 bits per heavy atom. The van der Waals surface area contributed by atoms with E-state index in [1.165, 1.54) is 12.1 Å². The van der Waals surface area contributed by atoms with Crippen LogP contribution in [0.1, 0.15) is 11.1 Å². The SMILES string of the molecule is O=S(O)c1ccc(C=Cc2ccc(F)cc2)cc1. The number of hydrogen-bond acceptors (Lipinski definition) is 1. The van der Waals surface area contributed by atoms with Crippen LogP contribution in [0.5, 0.6) is 0 Å². The molecule has 0 aromatic heterocycles. The summed E-state index contributed by atoms with van der Waals surface area (Å²) in [6, 6.07) is 12.9. The molecule has 4 heteroatoms. The van der Waals surface area contributed by atoms with Crippen molar-refractivity contribution in [3.8, 4) is 0 Å². The molecule has 2 aromatic rings. The van der Waals surface area contributed by atoms with E-state index in [0.717, 1.165) is 11.1 Å². The number of rotatable bonds is 3. The minimum Gasteiger partial charge on any atom is -0.302 e. The van der Waals surface area contributed by atoms with Crippen LogP contribution in [-0.4, -0.2) is 8.76 Å². The van der Waals surface area contributed by atoms with E-state index in [4.69, 9.17) is 4.55 Å². The summed E-state index contributed by atoms with van der Waals surface area (Å²) < 4.78 is 32.3. The van der Waals surface area contributed by atoms with Gasteiger partial charge in [-0.1, -0.05) is 36.4 Å². The molecule has 92 valence electrons. The van der Waals surface area contributed by atoms with Gasteiger partial charge < -0.3 is 4.55 Å². The van der Waals surface area contributed by atoms with E-state index >= 15 is 0 Å². The molecule has 2 nitrogen and oxygen atoms in total. The van der Waals surface area contributed by atoms with Crippen LogP contribution in [0.2, 0.25) is 0 Å². The van der Waals surface area contributed by atoms with Gasteiger partial charge >= 0.3 is 0 Å². The molecule has 0 aliphatic carbocycles. The highest BCUT2D eigenvalue weighted by Gasteiger charge is 1.97. The Hall–Kier alpha value is -1.78. The highest BCUT2D eigenvalue weighted by atomic mass is 32.2. The zero-order valence-electron chi connectivity index (χ0n) is 9.42. The molecule has 2 rings (SSSR count). The van der Waals surface area contributed by atoms with Crippen LogP contribution in [0, 0.1) is 5.82 Å². The lowest BCUT2D eigenvalue weighted by atomic mass is 10.1. The second kappa shape index (κ2) is 5.71. The fourth-order valence-electron chi connectivity index (χ4n) is 1.46. The first-order valence-corrected chi connectivity index (χ1v) is 6.40. The summed E-state index contributed by atoms with van der Waals surface area (Å²) in [7, 11) is 0. The fraction of sp³-hybridized carbons (Fsp3) is 0. The second-order valence-electron chi connectivity index (χ2n) is 3.70. The summed E-state index contributed by atoms with van der Waals surface area (Å²) >= 11 is -1.95. The van der Waals surface area contributed by atoms with E-state index in [9.17, 15) is 8.60 Å². The smallest absolute Gasteiger partial charge is 0.186 e. The van der Waals surface area contributed by atoms with Gasteiger partial charge in [-0.25, -0.2) is 8.60 Å². The van der Waals surface area contributed by atoms with Gasteiger partial charge in [0.2, 0.25) is 0 Å². The van der Waals surface area contributed by atoms with Crippen molar-refractivity contribution in [3.05, 3.63) is 65.5 Å². The largest absolute Gasteiger partial charge is 0.302 e. The minimum absolute atomic E-state index is 0.262. The lowest BCUT2D eigenvalue weighted by molar-refractivity contribution is 0.564. The number of benzene rings is 2. The fourth-order valence-corrected chi connectivity index (χ4v) is 1.83. The van der Waals surface area contributed by atoms with Gasteiger partial charge in [0, 0.05) is 0 Å². The van der Waals surface area contributed by atoms with Crippen LogP contribution < -0.4 is 0 Å². The van der Waals surface area contributed by atoms with Crippen molar-refractivity contribution in [2.75, 3.05) is 0 Å². The molecule has 0 saturated heterocycles. The van der Waals surface area contributed by atoms with E-state index < -0.39 is 11.1 Å². The van der Waals surface area contributed by atoms with E-state index in [2.05, 4.69) is 0 Å². The van der Waals surface area contributed by atoms with Crippen molar-refractivity contribution in [3.63, 3.8) is 0 Å². The zero-order chi connectivity index (χ0) is 13.0. The maximum atomic E-state index is 12.7. The second-order valence-corrected chi connectivity index (χ2v) is 4.67. The van der Waals surface area contributed by atoms with Crippen molar-refractivity contribution in [1.29, 1.82) is 0 Å². The third-order valence-electron chi connectivity index (χ3n) is 2.42. The Bertz CT molecular complexity index is 574. The Labute approximate surface area is 107 Å². The molecule has 0 fully saturated rings. The minimum atomic E-state index is -1.95. The van der Waals surface area contributed by atoms with E-state index in [1.807, 2.05) is 12.2 Å². The summed E-state index contributed by atoms with van der Waals surface area (Å²) in [6.07, 6.45) is 3.71. The first-order chi connectivity index (χ1) is 8.65. The van der Waals surface area contributed by atoms with Crippen LogP contribution >= 0.6 is 0 Å². The van der Waals surface area contributed by atoms with Gasteiger partial charge in [-0.15, -0.1) is 0 Å². The molecule has 0 saturated carbocycles. The predicted molar refractivity (Wildman–Crippen MR) is 70.8 cm³/mol. The average molecular weight is 262 g/mol. The zero-order valence-corrected chi connectivity index (χ0v) is 10.2. The van der Waals surface area contributed by atoms with Gasteiger partial charge in [0.15, 0.2) is 11.1 Å². The summed E-state index contributed by atoms with van der Waals surface area (Å²) in [4.78, 5) is 0.369. The summed E-state index contributed by atoms with van der Waals surface area (Å²) in [5.74, 6) is -0.262. The highest BCUT2D eigenvalue weighted by molar-refractivity contribution is 7.79. The summed E-state index contributed by atoms with van der Waals surface area (Å²) in [5, 5.41) is 0. The molecule has 0 aliphatic rings. The molecule has 1 N–H and O–H groups in total. The van der Waals surface area contributed by atoms with Crippen LogP contribution in [-0.2, 0) is 11.1 Å². The summed E-state index contributed by atoms with van der Waals surface area (Å²) in [5.41, 5.74) is 1.81. The molecule has 0 heterocycles. The molecular formula is C14H11FO2S. The van der Waals surface area contributed by atoms with Gasteiger partial charge in [0.1, 0.15) is 5.82 Å². The van der Waals surface area contributed by atoms with Crippen molar-refractivity contribution in [2.24, 2.45) is 0 Å². The molecule has 1 unspecified atom stereocenters. The molecule has 0 aliphatic heterocycles. The number of halogens is 1. The van der Waals surface area contributed by atoms with E-state index in [1.54, 1.807) is 36.4 Å². The van der Waals surface area contributed by atoms with E-state index in [-0.39, 0.29) is 5.82 Å². The Kier molecular flexibility index (Phi) is 4.02. The molecule has 0 spiro atoms. The third kappa shape index (κ3) is 3.35. The molecular weight excluding hydrogens is 251 g/mol. The monoisotopic (exact) mass is 262 g/mol. The first-order valence-electron chi connectivity index (χ1n) is 5.30. The summed E-state index contributed by atoms with van der Waals surface area (Å²) in [6.45, 7) is 0. The van der Waals surface area contributed by atoms with Crippen molar-refractivity contribution < 1.29 is 13.2 Å². The Balaban J connectivity index is 2.13. The average Bonchev–Trinajstić information content (AvgIpc) is 2.38. The molecule has 0 amide bonds. The van der Waals surface area contributed by atoms with Crippen molar-refractivity contribution >= 4 is 23.2 Å². The van der Waals surface area contributed by atoms with Gasteiger partial charge in [-0.05, 0) is 35.4 Å². The number of hydrogen-bond donors (Lipinski definition) is 1. The van der Waals surface area contributed by atoms with Crippen LogP contribution in [0.15, 0.2) is 53.4 Å². The molecule has 18 heavy (non-hydrogen) atoms. The van der Waals surface area contributed by atoms with Gasteiger partial charge in [0.25, 0.3) is 0 Å². The standard InChI is InChI=1S/C14H11FO2S/c15-13-7-3-11(4-8-13)1-2-12-5-9-14(10-6-12)18(16)17/h1-10H,(H,16,17). The van der Waals surface area contributed by atoms with Crippen molar-refractivity contribution in [1.82, 2.24) is 0 Å². The van der Waals surface area contributed by atoms with Crippen LogP contribution in [0.3, 0.4) is 0 Å². The quantitative estimate of drug-likeness (QED) is 0.678. The van der Waals surface area contributed by atoms with Gasteiger partial charge in [0.05, 0.1) is 4.90 Å². The predicted octanol–water partition coefficient (Wildman–Crippen LogP) is 3.58. The molecule has 0 bridgehead atoms. The lowest BCUT2D eigenvalue weighted by Gasteiger charge is -1.97. The third-order valence-corrected chi connectivity index (χ3v) is 3.10. The first kappa shape index (κ1) is 12.7. The highest BCUT2D eigenvalue weighted by Crippen LogP contribution is 2.11. The molecule has 2 aromatic carbocycles. The van der Waals surface area contributed by atoms with Crippen LogP contribution in [0.4, 0.5) is 4.39 Å². The Morgan fingerprint density at radius 1 is 0.889 bits per heavy atom.